The molecule has 168 valence electrons. The summed E-state index contributed by atoms with van der Waals surface area (Å²) in [5, 5.41) is 3.27. The van der Waals surface area contributed by atoms with E-state index in [0.717, 1.165) is 20.8 Å². The maximum absolute atomic E-state index is 13.6. The van der Waals surface area contributed by atoms with Gasteiger partial charge in [0.1, 0.15) is 23.2 Å². The fourth-order valence-corrected chi connectivity index (χ4v) is 10.3. The lowest BCUT2D eigenvalue weighted by molar-refractivity contribution is -0.140. The molecule has 0 N–H and O–H groups in total. The Morgan fingerprint density at radius 2 is 1.15 bits per heavy atom. The molecule has 0 saturated heterocycles. The zero-order valence-corrected chi connectivity index (χ0v) is 21.6. The molecule has 0 aliphatic carbocycles. The number of ketones is 1. The zero-order valence-electron chi connectivity index (χ0n) is 18.4. The Balaban J connectivity index is 0.00000306. The molecule has 0 bridgehead atoms. The molecule has 1 unspecified atom stereocenters. The lowest BCUT2D eigenvalue weighted by Crippen LogP contribution is -3.00. The first kappa shape index (κ1) is 25.0. The first-order valence-corrected chi connectivity index (χ1v) is 13.0. The van der Waals surface area contributed by atoms with E-state index in [4.69, 9.17) is 4.74 Å². The van der Waals surface area contributed by atoms with Gasteiger partial charge in [-0.1, -0.05) is 54.6 Å². The molecule has 4 aromatic rings. The number of halogens is 1. The van der Waals surface area contributed by atoms with Crippen LogP contribution in [0.3, 0.4) is 0 Å². The highest BCUT2D eigenvalue weighted by atomic mass is 79.9. The predicted octanol–water partition coefficient (Wildman–Crippen LogP) is 2.16. The molecule has 4 rings (SSSR count). The fourth-order valence-electron chi connectivity index (χ4n) is 4.15. The third kappa shape index (κ3) is 4.72. The average molecular weight is 539 g/mol. The summed E-state index contributed by atoms with van der Waals surface area (Å²) in [5.74, 6) is -0.306. The molecule has 1 heterocycles. The minimum atomic E-state index is -2.55. The minimum Gasteiger partial charge on any atom is -1.00 e. The van der Waals surface area contributed by atoms with Gasteiger partial charge >= 0.3 is 5.97 Å². The van der Waals surface area contributed by atoms with Gasteiger partial charge < -0.3 is 21.7 Å². The second-order valence-electron chi connectivity index (χ2n) is 7.41. The van der Waals surface area contributed by atoms with Gasteiger partial charge in [-0.25, -0.2) is 4.79 Å². The van der Waals surface area contributed by atoms with E-state index in [2.05, 4.69) is 36.4 Å². The topological polar surface area (TPSA) is 43.4 Å². The largest absolute Gasteiger partial charge is 1.00 e. The number of rotatable bonds is 7. The predicted molar refractivity (Wildman–Crippen MR) is 134 cm³/mol. The lowest BCUT2D eigenvalue weighted by Gasteiger charge is -2.32. The molecule has 0 fully saturated rings. The van der Waals surface area contributed by atoms with Crippen LogP contribution in [0.1, 0.15) is 27.1 Å². The van der Waals surface area contributed by atoms with Crippen LogP contribution >= 0.6 is 18.6 Å². The lowest BCUT2D eigenvalue weighted by atomic mass is 10.3. The number of benzene rings is 3. The summed E-state index contributed by atoms with van der Waals surface area (Å²) in [7, 11) is -1.12. The van der Waals surface area contributed by atoms with Crippen molar-refractivity contribution in [2.45, 2.75) is 12.6 Å². The second-order valence-corrected chi connectivity index (χ2v) is 12.0. The average Bonchev–Trinajstić information content (AvgIpc) is 3.34. The van der Waals surface area contributed by atoms with Gasteiger partial charge in [-0.3, -0.25) is 4.79 Å². The highest BCUT2D eigenvalue weighted by molar-refractivity contribution is 7.96. The number of hydrogen-bond donors (Lipinski definition) is 0. The molecular weight excluding hydrogens is 515 g/mol. The van der Waals surface area contributed by atoms with Crippen molar-refractivity contribution in [2.75, 3.05) is 7.11 Å². The number of methoxy groups -OCH3 is 1. The van der Waals surface area contributed by atoms with E-state index >= 15 is 0 Å². The number of hydrogen-bond acceptors (Lipinski definition) is 4. The number of carbonyl (C=O) groups excluding carboxylic acids is 2. The number of esters is 1. The van der Waals surface area contributed by atoms with Gasteiger partial charge in [-0.2, -0.15) is 0 Å². The van der Waals surface area contributed by atoms with E-state index in [1.54, 1.807) is 6.92 Å². The van der Waals surface area contributed by atoms with Gasteiger partial charge in [0.2, 0.25) is 5.66 Å². The molecule has 33 heavy (non-hydrogen) atoms. The molecular formula is C27H24BrO3PS. The normalized spacial score (nSPS) is 11.8. The molecule has 0 spiro atoms. The van der Waals surface area contributed by atoms with Crippen molar-refractivity contribution >= 4 is 46.3 Å². The summed E-state index contributed by atoms with van der Waals surface area (Å²) < 4.78 is 5.42. The molecule has 0 saturated carbocycles. The molecule has 0 aliphatic heterocycles. The van der Waals surface area contributed by atoms with Crippen molar-refractivity contribution in [3.63, 3.8) is 0 Å². The summed E-state index contributed by atoms with van der Waals surface area (Å²) in [6, 6.07) is 34.4. The van der Waals surface area contributed by atoms with E-state index in [-0.39, 0.29) is 28.7 Å². The Hall–Kier alpha value is -2.59. The highest BCUT2D eigenvalue weighted by Gasteiger charge is 2.57. The smallest absolute Gasteiger partial charge is 0.353 e. The first-order chi connectivity index (χ1) is 15.6. The first-order valence-electron chi connectivity index (χ1n) is 10.3. The number of Topliss-reactive ketones (excluding diaryl/α,β-unsaturated/α-hetero) is 1. The Morgan fingerprint density at radius 1 is 0.727 bits per heavy atom. The van der Waals surface area contributed by atoms with E-state index < -0.39 is 12.9 Å². The SMILES string of the molecule is COC(=O)C(c1ccc(C(C)=O)s1)[P+](c1ccccc1)(c1ccccc1)c1ccccc1.[Br-]. The molecule has 1 atom stereocenters. The molecule has 6 heteroatoms. The number of carbonyl (C=O) groups is 2. The van der Waals surface area contributed by atoms with Gasteiger partial charge in [0, 0.05) is 0 Å². The van der Waals surface area contributed by atoms with E-state index in [9.17, 15) is 9.59 Å². The fraction of sp³-hybridized carbons (Fsp3) is 0.111. The van der Waals surface area contributed by atoms with Gasteiger partial charge in [0.15, 0.2) is 5.78 Å². The van der Waals surface area contributed by atoms with Crippen LogP contribution in [0.4, 0.5) is 0 Å². The second kappa shape index (κ2) is 11.0. The number of thiophene rings is 1. The van der Waals surface area contributed by atoms with Crippen molar-refractivity contribution in [1.82, 2.24) is 0 Å². The van der Waals surface area contributed by atoms with Crippen LogP contribution in [0, 0.1) is 0 Å². The van der Waals surface area contributed by atoms with Crippen LogP contribution in [-0.2, 0) is 9.53 Å². The molecule has 0 amide bonds. The van der Waals surface area contributed by atoms with Crippen LogP contribution < -0.4 is 32.9 Å². The van der Waals surface area contributed by atoms with Gasteiger partial charge in [0.05, 0.1) is 16.9 Å². The Morgan fingerprint density at radius 3 is 1.48 bits per heavy atom. The van der Waals surface area contributed by atoms with Crippen molar-refractivity contribution in [1.29, 1.82) is 0 Å². The van der Waals surface area contributed by atoms with Crippen LogP contribution in [0.5, 0.6) is 0 Å². The summed E-state index contributed by atoms with van der Waals surface area (Å²) in [6.45, 7) is 1.55. The molecule has 1 aromatic heterocycles. The molecule has 0 aliphatic rings. The van der Waals surface area contributed by atoms with Crippen molar-refractivity contribution in [2.24, 2.45) is 0 Å². The van der Waals surface area contributed by atoms with E-state index in [1.807, 2.05) is 66.7 Å². The van der Waals surface area contributed by atoms with E-state index in [1.165, 1.54) is 18.4 Å². The summed E-state index contributed by atoms with van der Waals surface area (Å²) in [6.07, 6.45) is 0. The van der Waals surface area contributed by atoms with Crippen LogP contribution in [0.2, 0.25) is 0 Å². The van der Waals surface area contributed by atoms with E-state index in [0.29, 0.717) is 4.88 Å². The monoisotopic (exact) mass is 538 g/mol. The van der Waals surface area contributed by atoms with Gasteiger partial charge in [-0.05, 0) is 55.5 Å². The Kier molecular flexibility index (Phi) is 8.36. The van der Waals surface area contributed by atoms with Crippen LogP contribution in [0.25, 0.3) is 0 Å². The van der Waals surface area contributed by atoms with Gasteiger partial charge in [0.25, 0.3) is 0 Å². The van der Waals surface area contributed by atoms with Crippen molar-refractivity contribution < 1.29 is 31.3 Å². The summed E-state index contributed by atoms with van der Waals surface area (Å²) in [5.41, 5.74) is -0.571. The Bertz CT molecular complexity index is 1110. The maximum atomic E-state index is 13.6. The molecule has 3 aromatic carbocycles. The third-order valence-electron chi connectivity index (χ3n) is 5.55. The standard InChI is InChI=1S/C27H24O3PS.BrH/c1-20(28)24-18-19-25(32-24)26(27(29)30-2)31(21-12-6-3-7-13-21,22-14-8-4-9-15-22)23-16-10-5-11-17-23;/h3-19,26H,1-2H3;1H/q+1;/p-1. The minimum absolute atomic E-state index is 0. The Labute approximate surface area is 209 Å². The highest BCUT2D eigenvalue weighted by Crippen LogP contribution is 2.67. The maximum Gasteiger partial charge on any atom is 0.353 e. The quantitative estimate of drug-likeness (QED) is 0.206. The van der Waals surface area contributed by atoms with Gasteiger partial charge in [-0.15, -0.1) is 11.3 Å². The molecule has 0 radical (unpaired) electrons. The van der Waals surface area contributed by atoms with Crippen LogP contribution in [-0.4, -0.2) is 18.9 Å². The summed E-state index contributed by atoms with van der Waals surface area (Å²) in [4.78, 5) is 27.1. The molecule has 3 nitrogen and oxygen atoms in total. The third-order valence-corrected chi connectivity index (χ3v) is 11.6. The van der Waals surface area contributed by atoms with Crippen molar-refractivity contribution in [3.05, 3.63) is 113 Å². The summed E-state index contributed by atoms with van der Waals surface area (Å²) >= 11 is 1.38. The number of ether oxygens (including phenoxy) is 1. The zero-order chi connectivity index (χ0) is 22.6. The van der Waals surface area contributed by atoms with Crippen LogP contribution in [0.15, 0.2) is 103 Å². The van der Waals surface area contributed by atoms with Crippen molar-refractivity contribution in [3.8, 4) is 0 Å².